The van der Waals surface area contributed by atoms with Crippen LogP contribution in [-0.4, -0.2) is 5.78 Å². The average molecular weight is 365 g/mol. The topological polar surface area (TPSA) is 29.1 Å². The van der Waals surface area contributed by atoms with Gasteiger partial charge in [0.2, 0.25) is 0 Å². The van der Waals surface area contributed by atoms with Crippen molar-refractivity contribution >= 4 is 39.0 Å². The number of hydrogen-bond donors (Lipinski definition) is 1. The number of allylic oxidation sites excluding steroid dienone is 2. The first-order valence-corrected chi connectivity index (χ1v) is 7.64. The van der Waals surface area contributed by atoms with Crippen LogP contribution < -0.4 is 5.32 Å². The quantitative estimate of drug-likeness (QED) is 0.564. The molecule has 0 saturated heterocycles. The Morgan fingerprint density at radius 3 is 2.48 bits per heavy atom. The number of benzene rings is 2. The molecule has 4 heteroatoms. The van der Waals surface area contributed by atoms with Crippen molar-refractivity contribution in [1.82, 2.24) is 0 Å². The van der Waals surface area contributed by atoms with Gasteiger partial charge in [0.15, 0.2) is 5.78 Å². The zero-order chi connectivity index (χ0) is 15.4. The Morgan fingerprint density at radius 1 is 1.19 bits per heavy atom. The van der Waals surface area contributed by atoms with Crippen LogP contribution in [0.25, 0.3) is 0 Å². The van der Waals surface area contributed by atoms with E-state index in [1.54, 1.807) is 12.1 Å². The molecule has 0 aliphatic carbocycles. The Bertz CT molecular complexity index is 692. The maximum absolute atomic E-state index is 12.1. The molecular weight excluding hydrogens is 350 g/mol. The van der Waals surface area contributed by atoms with Crippen LogP contribution in [0, 0.1) is 6.92 Å². The molecular formula is C17H15BrClNO. The lowest BCUT2D eigenvalue weighted by Crippen LogP contribution is -2.01. The third kappa shape index (κ3) is 4.45. The number of hydrogen-bond acceptors (Lipinski definition) is 2. The van der Waals surface area contributed by atoms with E-state index in [-0.39, 0.29) is 5.78 Å². The summed E-state index contributed by atoms with van der Waals surface area (Å²) in [5.74, 6) is -0.0248. The molecule has 0 aliphatic heterocycles. The van der Waals surface area contributed by atoms with Crippen LogP contribution in [0.15, 0.2) is 58.7 Å². The number of aryl methyl sites for hydroxylation is 1. The summed E-state index contributed by atoms with van der Waals surface area (Å²) in [6.45, 7) is 3.84. The van der Waals surface area contributed by atoms with Gasteiger partial charge in [0.25, 0.3) is 0 Å². The van der Waals surface area contributed by atoms with Crippen molar-refractivity contribution in [1.29, 1.82) is 0 Å². The SMILES string of the molecule is C/C(=C\C(=O)c1ccc(C)cc1)Nc1ccc(Br)c(Cl)c1. The third-order valence-electron chi connectivity index (χ3n) is 2.94. The Balaban J connectivity index is 2.11. The second-order valence-corrected chi connectivity index (χ2v) is 6.07. The highest BCUT2D eigenvalue weighted by molar-refractivity contribution is 9.10. The first-order valence-electron chi connectivity index (χ1n) is 6.47. The van der Waals surface area contributed by atoms with Crippen molar-refractivity contribution < 1.29 is 4.79 Å². The molecule has 0 aromatic heterocycles. The first-order chi connectivity index (χ1) is 9.95. The highest BCUT2D eigenvalue weighted by atomic mass is 79.9. The highest BCUT2D eigenvalue weighted by Gasteiger charge is 2.04. The lowest BCUT2D eigenvalue weighted by molar-refractivity contribution is 0.104. The predicted octanol–water partition coefficient (Wildman–Crippen LogP) is 5.61. The van der Waals surface area contributed by atoms with Gasteiger partial charge in [-0.15, -0.1) is 0 Å². The summed E-state index contributed by atoms with van der Waals surface area (Å²) >= 11 is 9.38. The summed E-state index contributed by atoms with van der Waals surface area (Å²) in [4.78, 5) is 12.1. The highest BCUT2D eigenvalue weighted by Crippen LogP contribution is 2.26. The normalized spacial score (nSPS) is 11.3. The summed E-state index contributed by atoms with van der Waals surface area (Å²) in [5.41, 5.74) is 3.41. The van der Waals surface area contributed by atoms with Crippen molar-refractivity contribution in [2.45, 2.75) is 13.8 Å². The lowest BCUT2D eigenvalue weighted by atomic mass is 10.1. The van der Waals surface area contributed by atoms with Crippen molar-refractivity contribution in [3.8, 4) is 0 Å². The smallest absolute Gasteiger partial charge is 0.187 e. The van der Waals surface area contributed by atoms with Gasteiger partial charge in [-0.2, -0.15) is 0 Å². The van der Waals surface area contributed by atoms with E-state index in [0.29, 0.717) is 10.6 Å². The maximum Gasteiger partial charge on any atom is 0.187 e. The Hall–Kier alpha value is -1.58. The second kappa shape index (κ2) is 6.92. The molecule has 0 radical (unpaired) electrons. The molecule has 0 atom stereocenters. The fourth-order valence-corrected chi connectivity index (χ4v) is 2.26. The minimum Gasteiger partial charge on any atom is -0.359 e. The summed E-state index contributed by atoms with van der Waals surface area (Å²) in [7, 11) is 0. The van der Waals surface area contributed by atoms with Gasteiger partial charge in [0.1, 0.15) is 0 Å². The standard InChI is InChI=1S/C17H15BrClNO/c1-11-3-5-13(6-4-11)17(21)9-12(2)20-14-7-8-15(18)16(19)10-14/h3-10,20H,1-2H3/b12-9+. The fraction of sp³-hybridized carbons (Fsp3) is 0.118. The molecule has 0 unspecified atom stereocenters. The van der Waals surface area contributed by atoms with Crippen LogP contribution in [-0.2, 0) is 0 Å². The molecule has 2 aromatic rings. The maximum atomic E-state index is 12.1. The number of carbonyl (C=O) groups is 1. The molecule has 0 fully saturated rings. The second-order valence-electron chi connectivity index (χ2n) is 4.81. The first kappa shape index (κ1) is 15.8. The summed E-state index contributed by atoms with van der Waals surface area (Å²) in [5, 5.41) is 3.78. The fourth-order valence-electron chi connectivity index (χ4n) is 1.84. The van der Waals surface area contributed by atoms with Crippen molar-refractivity contribution in [3.05, 3.63) is 74.9 Å². The lowest BCUT2D eigenvalue weighted by Gasteiger charge is -2.07. The van der Waals surface area contributed by atoms with Crippen LogP contribution >= 0.6 is 27.5 Å². The van der Waals surface area contributed by atoms with E-state index >= 15 is 0 Å². The Kier molecular flexibility index (Phi) is 5.21. The van der Waals surface area contributed by atoms with E-state index in [0.717, 1.165) is 21.4 Å². The number of rotatable bonds is 4. The predicted molar refractivity (Wildman–Crippen MR) is 92.0 cm³/mol. The van der Waals surface area contributed by atoms with Crippen LogP contribution in [0.5, 0.6) is 0 Å². The van der Waals surface area contributed by atoms with Gasteiger partial charge in [-0.3, -0.25) is 4.79 Å². The molecule has 108 valence electrons. The average Bonchev–Trinajstić information content (AvgIpc) is 2.43. The minimum absolute atomic E-state index is 0.0248. The third-order valence-corrected chi connectivity index (χ3v) is 4.18. The van der Waals surface area contributed by atoms with Crippen LogP contribution in [0.2, 0.25) is 5.02 Å². The minimum atomic E-state index is -0.0248. The Morgan fingerprint density at radius 2 is 1.86 bits per heavy atom. The van der Waals surface area contributed by atoms with Gasteiger partial charge in [-0.05, 0) is 48.0 Å². The van der Waals surface area contributed by atoms with E-state index < -0.39 is 0 Å². The van der Waals surface area contributed by atoms with Crippen molar-refractivity contribution in [2.24, 2.45) is 0 Å². The van der Waals surface area contributed by atoms with E-state index in [1.165, 1.54) is 0 Å². The van der Waals surface area contributed by atoms with Crippen LogP contribution in [0.3, 0.4) is 0 Å². The molecule has 0 aliphatic rings. The number of carbonyl (C=O) groups excluding carboxylic acids is 1. The van der Waals surface area contributed by atoms with Crippen LogP contribution in [0.1, 0.15) is 22.8 Å². The zero-order valence-corrected chi connectivity index (χ0v) is 14.1. The molecule has 2 aromatic carbocycles. The summed E-state index contributed by atoms with van der Waals surface area (Å²) < 4.78 is 0.840. The number of nitrogens with one attached hydrogen (secondary N) is 1. The molecule has 0 bridgehead atoms. The molecule has 0 amide bonds. The number of halogens is 2. The van der Waals surface area contributed by atoms with Gasteiger partial charge < -0.3 is 5.32 Å². The molecule has 0 spiro atoms. The van der Waals surface area contributed by atoms with E-state index in [4.69, 9.17) is 11.6 Å². The van der Waals surface area contributed by atoms with E-state index in [2.05, 4.69) is 21.2 Å². The number of ketones is 1. The van der Waals surface area contributed by atoms with Gasteiger partial charge in [0, 0.05) is 27.5 Å². The van der Waals surface area contributed by atoms with Gasteiger partial charge in [-0.1, -0.05) is 41.4 Å². The Labute approximate surface area is 138 Å². The largest absolute Gasteiger partial charge is 0.359 e. The van der Waals surface area contributed by atoms with E-state index in [9.17, 15) is 4.79 Å². The van der Waals surface area contributed by atoms with Gasteiger partial charge in [0.05, 0.1) is 5.02 Å². The molecule has 0 saturated carbocycles. The molecule has 2 rings (SSSR count). The van der Waals surface area contributed by atoms with Crippen LogP contribution in [0.4, 0.5) is 5.69 Å². The summed E-state index contributed by atoms with van der Waals surface area (Å²) in [6.07, 6.45) is 1.58. The molecule has 21 heavy (non-hydrogen) atoms. The van der Waals surface area contributed by atoms with Gasteiger partial charge >= 0.3 is 0 Å². The molecule has 1 N–H and O–H groups in total. The van der Waals surface area contributed by atoms with Crippen molar-refractivity contribution in [3.63, 3.8) is 0 Å². The molecule has 0 heterocycles. The van der Waals surface area contributed by atoms with E-state index in [1.807, 2.05) is 50.2 Å². The monoisotopic (exact) mass is 363 g/mol. The van der Waals surface area contributed by atoms with Gasteiger partial charge in [-0.25, -0.2) is 0 Å². The summed E-state index contributed by atoms with van der Waals surface area (Å²) in [6, 6.07) is 13.1. The molecule has 2 nitrogen and oxygen atoms in total. The zero-order valence-electron chi connectivity index (χ0n) is 11.8. The number of anilines is 1. The van der Waals surface area contributed by atoms with Crippen molar-refractivity contribution in [2.75, 3.05) is 5.32 Å².